The second-order valence-corrected chi connectivity index (χ2v) is 4.30. The minimum Gasteiger partial charge on any atom is -0.357 e. The summed E-state index contributed by atoms with van der Waals surface area (Å²) in [5, 5.41) is 7.43. The number of nitrogens with zero attached hydrogens (tertiary/aromatic N) is 1. The van der Waals surface area contributed by atoms with Crippen LogP contribution in [-0.2, 0) is 0 Å². The van der Waals surface area contributed by atoms with E-state index in [0.29, 0.717) is 13.1 Å². The van der Waals surface area contributed by atoms with Gasteiger partial charge in [0, 0.05) is 13.1 Å². The summed E-state index contributed by atoms with van der Waals surface area (Å²) in [5.41, 5.74) is 0. The summed E-state index contributed by atoms with van der Waals surface area (Å²) in [4.78, 5) is 1.69. The van der Waals surface area contributed by atoms with Gasteiger partial charge in [-0.25, -0.2) is 0 Å². The highest BCUT2D eigenvalue weighted by atomic mass is 35.6. The molecule has 1 N–H and O–H groups in total. The van der Waals surface area contributed by atoms with Gasteiger partial charge in [-0.05, 0) is 13.8 Å². The molecule has 0 aliphatic heterocycles. The average molecular weight is 218 g/mol. The Hall–Kier alpha value is 0.340. The molecule has 0 bridgehead atoms. The maximum atomic E-state index is 7.43. The van der Waals surface area contributed by atoms with Crippen LogP contribution in [0, 0.1) is 5.41 Å². The van der Waals surface area contributed by atoms with E-state index in [1.165, 1.54) is 0 Å². The van der Waals surface area contributed by atoms with Crippen molar-refractivity contribution in [3.05, 3.63) is 0 Å². The Balaban J connectivity index is 4.22. The predicted octanol–water partition coefficient (Wildman–Crippen LogP) is 2.68. The molecule has 0 radical (unpaired) electrons. The Labute approximate surface area is 81.9 Å². The van der Waals surface area contributed by atoms with E-state index in [1.54, 1.807) is 4.90 Å². The number of hydrogen-bond acceptors (Lipinski definition) is 1. The molecule has 0 rings (SSSR count). The molecule has 11 heavy (non-hydrogen) atoms. The first-order chi connectivity index (χ1) is 4.93. The van der Waals surface area contributed by atoms with Crippen molar-refractivity contribution < 1.29 is 0 Å². The molecule has 0 aromatic rings. The number of amidine groups is 1. The lowest BCUT2D eigenvalue weighted by Gasteiger charge is -2.25. The van der Waals surface area contributed by atoms with Crippen LogP contribution in [0.15, 0.2) is 0 Å². The van der Waals surface area contributed by atoms with Crippen molar-refractivity contribution >= 4 is 40.6 Å². The van der Waals surface area contributed by atoms with E-state index in [0.717, 1.165) is 0 Å². The second kappa shape index (κ2) is 4.39. The van der Waals surface area contributed by atoms with Crippen LogP contribution < -0.4 is 0 Å². The van der Waals surface area contributed by atoms with Gasteiger partial charge in [0.05, 0.1) is 0 Å². The van der Waals surface area contributed by atoms with Gasteiger partial charge >= 0.3 is 0 Å². The minimum atomic E-state index is -1.59. The van der Waals surface area contributed by atoms with Gasteiger partial charge in [0.2, 0.25) is 3.79 Å². The fourth-order valence-corrected chi connectivity index (χ4v) is 1.08. The van der Waals surface area contributed by atoms with E-state index < -0.39 is 3.79 Å². The molecular formula is C6H11Cl3N2. The van der Waals surface area contributed by atoms with Gasteiger partial charge in [0.25, 0.3) is 0 Å². The Morgan fingerprint density at radius 2 is 1.64 bits per heavy atom. The summed E-state index contributed by atoms with van der Waals surface area (Å²) >= 11 is 16.5. The van der Waals surface area contributed by atoms with Crippen LogP contribution in [-0.4, -0.2) is 27.6 Å². The molecule has 0 aliphatic carbocycles. The van der Waals surface area contributed by atoms with Crippen LogP contribution >= 0.6 is 34.8 Å². The number of alkyl halides is 3. The van der Waals surface area contributed by atoms with Crippen LogP contribution in [0.2, 0.25) is 0 Å². The number of halogens is 3. The van der Waals surface area contributed by atoms with Crippen LogP contribution in [0.3, 0.4) is 0 Å². The first-order valence-electron chi connectivity index (χ1n) is 3.34. The Kier molecular flexibility index (Phi) is 4.52. The summed E-state index contributed by atoms with van der Waals surface area (Å²) in [7, 11) is 0. The maximum Gasteiger partial charge on any atom is 0.247 e. The van der Waals surface area contributed by atoms with Crippen LogP contribution in [0.25, 0.3) is 0 Å². The summed E-state index contributed by atoms with van der Waals surface area (Å²) in [6.07, 6.45) is 0. The third-order valence-electron chi connectivity index (χ3n) is 1.35. The van der Waals surface area contributed by atoms with E-state index in [-0.39, 0.29) is 5.84 Å². The van der Waals surface area contributed by atoms with Crippen LogP contribution in [0.1, 0.15) is 13.8 Å². The number of nitrogens with one attached hydrogen (secondary N) is 1. The lowest BCUT2D eigenvalue weighted by molar-refractivity contribution is 0.456. The van der Waals surface area contributed by atoms with Crippen molar-refractivity contribution in [2.75, 3.05) is 13.1 Å². The molecule has 0 spiro atoms. The molecule has 0 saturated carbocycles. The largest absolute Gasteiger partial charge is 0.357 e. The highest BCUT2D eigenvalue weighted by Gasteiger charge is 2.29. The average Bonchev–Trinajstić information content (AvgIpc) is 1.88. The van der Waals surface area contributed by atoms with Crippen molar-refractivity contribution in [2.45, 2.75) is 17.6 Å². The van der Waals surface area contributed by atoms with E-state index >= 15 is 0 Å². The van der Waals surface area contributed by atoms with Gasteiger partial charge in [-0.15, -0.1) is 0 Å². The highest BCUT2D eigenvalue weighted by Crippen LogP contribution is 2.28. The first kappa shape index (κ1) is 11.3. The van der Waals surface area contributed by atoms with Crippen molar-refractivity contribution in [1.29, 1.82) is 5.41 Å². The molecular weight excluding hydrogens is 206 g/mol. The molecule has 0 aliphatic rings. The summed E-state index contributed by atoms with van der Waals surface area (Å²) in [5.74, 6) is 0.0347. The van der Waals surface area contributed by atoms with Crippen molar-refractivity contribution in [3.63, 3.8) is 0 Å². The zero-order valence-corrected chi connectivity index (χ0v) is 8.76. The summed E-state index contributed by atoms with van der Waals surface area (Å²) in [6.45, 7) is 5.19. The normalized spacial score (nSPS) is 11.4. The molecule has 66 valence electrons. The van der Waals surface area contributed by atoms with Crippen molar-refractivity contribution in [2.24, 2.45) is 0 Å². The molecule has 5 heteroatoms. The fraction of sp³-hybridized carbons (Fsp3) is 0.833. The number of hydrogen-bond donors (Lipinski definition) is 1. The number of rotatable bonds is 2. The highest BCUT2D eigenvalue weighted by molar-refractivity contribution is 6.76. The first-order valence-corrected chi connectivity index (χ1v) is 4.47. The Morgan fingerprint density at radius 3 is 1.73 bits per heavy atom. The molecule has 0 heterocycles. The molecule has 0 aromatic heterocycles. The third kappa shape index (κ3) is 3.50. The molecule has 0 unspecified atom stereocenters. The zero-order valence-electron chi connectivity index (χ0n) is 6.50. The predicted molar refractivity (Wildman–Crippen MR) is 50.9 cm³/mol. The van der Waals surface area contributed by atoms with Gasteiger partial charge in [-0.3, -0.25) is 5.41 Å². The van der Waals surface area contributed by atoms with Gasteiger partial charge in [-0.1, -0.05) is 34.8 Å². The maximum absolute atomic E-state index is 7.43. The molecule has 0 aromatic carbocycles. The SMILES string of the molecule is CCN(CC)C(=N)C(Cl)(Cl)Cl. The van der Waals surface area contributed by atoms with Gasteiger partial charge < -0.3 is 4.90 Å². The fourth-order valence-electron chi connectivity index (χ4n) is 0.719. The van der Waals surface area contributed by atoms with Crippen molar-refractivity contribution in [1.82, 2.24) is 4.90 Å². The molecule has 2 nitrogen and oxygen atoms in total. The molecule has 0 saturated heterocycles. The van der Waals surface area contributed by atoms with E-state index in [4.69, 9.17) is 40.2 Å². The lowest BCUT2D eigenvalue weighted by atomic mass is 10.5. The lowest BCUT2D eigenvalue weighted by Crippen LogP contribution is -2.38. The third-order valence-corrected chi connectivity index (χ3v) is 1.89. The van der Waals surface area contributed by atoms with Crippen LogP contribution in [0.4, 0.5) is 0 Å². The Morgan fingerprint density at radius 1 is 1.27 bits per heavy atom. The minimum absolute atomic E-state index is 0.0347. The van der Waals surface area contributed by atoms with E-state index in [1.807, 2.05) is 13.8 Å². The van der Waals surface area contributed by atoms with Gasteiger partial charge in [0.1, 0.15) is 5.84 Å². The molecule has 0 fully saturated rings. The second-order valence-electron chi connectivity index (χ2n) is 2.02. The zero-order chi connectivity index (χ0) is 9.07. The quantitative estimate of drug-likeness (QED) is 0.430. The standard InChI is InChI=1S/C6H11Cl3N2/c1-3-11(4-2)5(10)6(7,8)9/h10H,3-4H2,1-2H3. The monoisotopic (exact) mass is 216 g/mol. The van der Waals surface area contributed by atoms with E-state index in [2.05, 4.69) is 0 Å². The van der Waals surface area contributed by atoms with Gasteiger partial charge in [0.15, 0.2) is 0 Å². The summed E-state index contributed by atoms with van der Waals surface area (Å²) in [6, 6.07) is 0. The molecule has 0 amide bonds. The van der Waals surface area contributed by atoms with Crippen LogP contribution in [0.5, 0.6) is 0 Å². The van der Waals surface area contributed by atoms with E-state index in [9.17, 15) is 0 Å². The van der Waals surface area contributed by atoms with Gasteiger partial charge in [-0.2, -0.15) is 0 Å². The smallest absolute Gasteiger partial charge is 0.247 e. The van der Waals surface area contributed by atoms with Crippen molar-refractivity contribution in [3.8, 4) is 0 Å². The molecule has 0 atom stereocenters. The Bertz CT molecular complexity index is 137. The summed E-state index contributed by atoms with van der Waals surface area (Å²) < 4.78 is -1.59. The topological polar surface area (TPSA) is 27.1 Å².